The molecular formula is C15H11BrO2. The van der Waals surface area contributed by atoms with Gasteiger partial charge in [0.05, 0.1) is 5.56 Å². The summed E-state index contributed by atoms with van der Waals surface area (Å²) < 4.78 is 0.992. The summed E-state index contributed by atoms with van der Waals surface area (Å²) in [5, 5.41) is 9.55. The van der Waals surface area contributed by atoms with Gasteiger partial charge in [-0.05, 0) is 35.9 Å². The molecule has 2 rings (SSSR count). The molecule has 0 amide bonds. The van der Waals surface area contributed by atoms with E-state index in [-0.39, 0.29) is 11.5 Å². The van der Waals surface area contributed by atoms with Gasteiger partial charge in [-0.3, -0.25) is 4.79 Å². The van der Waals surface area contributed by atoms with Crippen LogP contribution in [0.3, 0.4) is 0 Å². The SMILES string of the molecule is O=C(C=Cc1ccc(Br)cc1)c1ccccc1O. The second kappa shape index (κ2) is 5.65. The molecular weight excluding hydrogens is 292 g/mol. The van der Waals surface area contributed by atoms with E-state index in [1.165, 1.54) is 12.1 Å². The van der Waals surface area contributed by atoms with Gasteiger partial charge in [-0.15, -0.1) is 0 Å². The van der Waals surface area contributed by atoms with Crippen molar-refractivity contribution >= 4 is 27.8 Å². The van der Waals surface area contributed by atoms with Gasteiger partial charge >= 0.3 is 0 Å². The summed E-state index contributed by atoms with van der Waals surface area (Å²) in [5.41, 5.74) is 1.24. The van der Waals surface area contributed by atoms with Gasteiger partial charge in [-0.25, -0.2) is 0 Å². The quantitative estimate of drug-likeness (QED) is 0.686. The van der Waals surface area contributed by atoms with Gasteiger partial charge in [0.15, 0.2) is 5.78 Å². The van der Waals surface area contributed by atoms with Gasteiger partial charge in [0.25, 0.3) is 0 Å². The van der Waals surface area contributed by atoms with E-state index in [2.05, 4.69) is 15.9 Å². The monoisotopic (exact) mass is 302 g/mol. The molecule has 3 heteroatoms. The summed E-state index contributed by atoms with van der Waals surface area (Å²) in [7, 11) is 0. The van der Waals surface area contributed by atoms with Crippen molar-refractivity contribution in [3.05, 3.63) is 70.2 Å². The van der Waals surface area contributed by atoms with E-state index >= 15 is 0 Å². The Morgan fingerprint density at radius 1 is 1.06 bits per heavy atom. The van der Waals surface area contributed by atoms with Crippen molar-refractivity contribution in [2.75, 3.05) is 0 Å². The number of benzene rings is 2. The molecule has 2 aromatic rings. The number of hydrogen-bond acceptors (Lipinski definition) is 2. The number of halogens is 1. The molecule has 0 aliphatic heterocycles. The van der Waals surface area contributed by atoms with Gasteiger partial charge in [0.2, 0.25) is 0 Å². The van der Waals surface area contributed by atoms with Crippen molar-refractivity contribution in [1.29, 1.82) is 0 Å². The third-order valence-electron chi connectivity index (χ3n) is 2.47. The maximum absolute atomic E-state index is 11.8. The summed E-state index contributed by atoms with van der Waals surface area (Å²) in [4.78, 5) is 11.8. The predicted octanol–water partition coefficient (Wildman–Crippen LogP) is 4.05. The lowest BCUT2D eigenvalue weighted by Crippen LogP contribution is -1.94. The first-order chi connectivity index (χ1) is 8.66. The van der Waals surface area contributed by atoms with Gasteiger partial charge in [-0.1, -0.05) is 46.3 Å². The number of rotatable bonds is 3. The Morgan fingerprint density at radius 3 is 2.39 bits per heavy atom. The van der Waals surface area contributed by atoms with Crippen molar-refractivity contribution in [2.24, 2.45) is 0 Å². The van der Waals surface area contributed by atoms with Crippen LogP contribution in [-0.4, -0.2) is 10.9 Å². The Morgan fingerprint density at radius 2 is 1.72 bits per heavy atom. The van der Waals surface area contributed by atoms with Crippen LogP contribution in [0.1, 0.15) is 15.9 Å². The van der Waals surface area contributed by atoms with Crippen molar-refractivity contribution < 1.29 is 9.90 Å². The molecule has 0 atom stereocenters. The molecule has 0 aliphatic carbocycles. The van der Waals surface area contributed by atoms with Gasteiger partial charge < -0.3 is 5.11 Å². The fourth-order valence-corrected chi connectivity index (χ4v) is 1.78. The van der Waals surface area contributed by atoms with Crippen LogP contribution in [0.5, 0.6) is 5.75 Å². The topological polar surface area (TPSA) is 37.3 Å². The zero-order valence-electron chi connectivity index (χ0n) is 9.51. The summed E-state index contributed by atoms with van der Waals surface area (Å²) in [5.74, 6) is -0.209. The molecule has 0 spiro atoms. The second-order valence-electron chi connectivity index (χ2n) is 3.77. The lowest BCUT2D eigenvalue weighted by molar-refractivity contribution is 0.104. The van der Waals surface area contributed by atoms with E-state index < -0.39 is 0 Å². The Labute approximate surface area is 114 Å². The Bertz CT molecular complexity index is 586. The highest BCUT2D eigenvalue weighted by atomic mass is 79.9. The molecule has 18 heavy (non-hydrogen) atoms. The number of para-hydroxylation sites is 1. The standard InChI is InChI=1S/C15H11BrO2/c16-12-8-5-11(6-9-12)7-10-15(18)13-3-1-2-4-14(13)17/h1-10,17H. The number of allylic oxidation sites excluding steroid dienone is 1. The minimum absolute atomic E-state index is 0.00274. The molecule has 0 aliphatic rings. The summed E-state index contributed by atoms with van der Waals surface area (Å²) in [6.45, 7) is 0. The zero-order valence-corrected chi connectivity index (χ0v) is 11.1. The van der Waals surface area contributed by atoms with E-state index in [4.69, 9.17) is 0 Å². The average Bonchev–Trinajstić information content (AvgIpc) is 2.38. The number of hydrogen-bond donors (Lipinski definition) is 1. The van der Waals surface area contributed by atoms with Crippen molar-refractivity contribution in [1.82, 2.24) is 0 Å². The minimum atomic E-state index is -0.212. The van der Waals surface area contributed by atoms with Crippen LogP contribution in [0.15, 0.2) is 59.1 Å². The summed E-state index contributed by atoms with van der Waals surface area (Å²) >= 11 is 3.35. The molecule has 2 aromatic carbocycles. The number of aromatic hydroxyl groups is 1. The fourth-order valence-electron chi connectivity index (χ4n) is 1.52. The number of phenolic OH excluding ortho intramolecular Hbond substituents is 1. The van der Waals surface area contributed by atoms with Gasteiger partial charge in [0.1, 0.15) is 5.75 Å². The smallest absolute Gasteiger partial charge is 0.189 e. The number of carbonyl (C=O) groups excluding carboxylic acids is 1. The maximum atomic E-state index is 11.8. The molecule has 0 fully saturated rings. The van der Waals surface area contributed by atoms with Crippen molar-refractivity contribution in [3.8, 4) is 5.75 Å². The van der Waals surface area contributed by atoms with Gasteiger partial charge in [-0.2, -0.15) is 0 Å². The maximum Gasteiger partial charge on any atom is 0.189 e. The van der Waals surface area contributed by atoms with E-state index in [0.717, 1.165) is 10.0 Å². The van der Waals surface area contributed by atoms with E-state index in [9.17, 15) is 9.90 Å². The molecule has 2 nitrogen and oxygen atoms in total. The van der Waals surface area contributed by atoms with Crippen LogP contribution in [0.25, 0.3) is 6.08 Å². The number of ketones is 1. The van der Waals surface area contributed by atoms with Crippen LogP contribution < -0.4 is 0 Å². The minimum Gasteiger partial charge on any atom is -0.507 e. The molecule has 1 N–H and O–H groups in total. The third-order valence-corrected chi connectivity index (χ3v) is 3.00. The molecule has 0 radical (unpaired) electrons. The molecule has 0 saturated heterocycles. The largest absolute Gasteiger partial charge is 0.507 e. The van der Waals surface area contributed by atoms with E-state index in [1.807, 2.05) is 24.3 Å². The highest BCUT2D eigenvalue weighted by Crippen LogP contribution is 2.17. The van der Waals surface area contributed by atoms with Crippen LogP contribution >= 0.6 is 15.9 Å². The Balaban J connectivity index is 2.17. The molecule has 0 bridgehead atoms. The molecule has 0 aromatic heterocycles. The van der Waals surface area contributed by atoms with E-state index in [0.29, 0.717) is 5.56 Å². The molecule has 0 heterocycles. The molecule has 0 saturated carbocycles. The predicted molar refractivity (Wildman–Crippen MR) is 75.6 cm³/mol. The fraction of sp³-hybridized carbons (Fsp3) is 0. The zero-order chi connectivity index (χ0) is 13.0. The van der Waals surface area contributed by atoms with Crippen LogP contribution in [0.2, 0.25) is 0 Å². The lowest BCUT2D eigenvalue weighted by atomic mass is 10.1. The second-order valence-corrected chi connectivity index (χ2v) is 4.68. The average molecular weight is 303 g/mol. The first-order valence-corrected chi connectivity index (χ1v) is 6.22. The Hall–Kier alpha value is -1.87. The number of phenols is 1. The molecule has 0 unspecified atom stereocenters. The van der Waals surface area contributed by atoms with Crippen molar-refractivity contribution in [3.63, 3.8) is 0 Å². The van der Waals surface area contributed by atoms with Crippen LogP contribution in [0.4, 0.5) is 0 Å². The summed E-state index contributed by atoms with van der Waals surface area (Å²) in [6, 6.07) is 14.1. The van der Waals surface area contributed by atoms with Crippen LogP contribution in [0, 0.1) is 0 Å². The Kier molecular flexibility index (Phi) is 3.95. The van der Waals surface area contributed by atoms with Gasteiger partial charge in [0, 0.05) is 4.47 Å². The highest BCUT2D eigenvalue weighted by Gasteiger charge is 2.06. The first-order valence-electron chi connectivity index (χ1n) is 5.43. The van der Waals surface area contributed by atoms with Crippen molar-refractivity contribution in [2.45, 2.75) is 0 Å². The number of carbonyl (C=O) groups is 1. The van der Waals surface area contributed by atoms with E-state index in [1.54, 1.807) is 24.3 Å². The lowest BCUT2D eigenvalue weighted by Gasteiger charge is -1.99. The highest BCUT2D eigenvalue weighted by molar-refractivity contribution is 9.10. The summed E-state index contributed by atoms with van der Waals surface area (Å²) in [6.07, 6.45) is 3.18. The van der Waals surface area contributed by atoms with Crippen LogP contribution in [-0.2, 0) is 0 Å². The first kappa shape index (κ1) is 12.6. The normalized spacial score (nSPS) is 10.7. The third kappa shape index (κ3) is 3.08. The molecule has 90 valence electrons.